The van der Waals surface area contributed by atoms with Crippen LogP contribution in [0.25, 0.3) is 0 Å². The molecular weight excluding hydrogens is 210 g/mol. The van der Waals surface area contributed by atoms with E-state index in [1.807, 2.05) is 5.43 Å². The predicted molar refractivity (Wildman–Crippen MR) is 54.7 cm³/mol. The molecule has 1 aromatic carbocycles. The first kappa shape index (κ1) is 12.1. The molecular formula is C10H11N3O3. The van der Waals surface area contributed by atoms with Crippen molar-refractivity contribution in [3.05, 3.63) is 35.4 Å². The minimum atomic E-state index is -1.53. The quantitative estimate of drug-likeness (QED) is 0.231. The first-order valence-electron chi connectivity index (χ1n) is 4.46. The van der Waals surface area contributed by atoms with Gasteiger partial charge >= 0.3 is 0 Å². The number of carbonyl (C=O) groups is 1. The molecule has 2 unspecified atom stereocenters. The molecule has 2 atom stereocenters. The van der Waals surface area contributed by atoms with E-state index < -0.39 is 18.1 Å². The molecule has 6 heteroatoms. The number of hydrogen-bond acceptors (Lipinski definition) is 5. The summed E-state index contributed by atoms with van der Waals surface area (Å²) in [5.74, 6) is 4.44. The zero-order chi connectivity index (χ0) is 12.1. The Kier molecular flexibility index (Phi) is 3.96. The number of benzene rings is 1. The average molecular weight is 221 g/mol. The van der Waals surface area contributed by atoms with E-state index in [0.717, 1.165) is 0 Å². The second-order valence-electron chi connectivity index (χ2n) is 3.12. The van der Waals surface area contributed by atoms with Crippen molar-refractivity contribution in [1.29, 1.82) is 5.26 Å². The lowest BCUT2D eigenvalue weighted by molar-refractivity contribution is 0.0527. The van der Waals surface area contributed by atoms with Crippen LogP contribution in [0.15, 0.2) is 24.3 Å². The Bertz CT molecular complexity index is 428. The molecule has 0 saturated heterocycles. The SMILES string of the molecule is N#CC(O)C(O)c1cccc(C(=O)NN)c1. The molecule has 0 saturated carbocycles. The van der Waals surface area contributed by atoms with E-state index in [1.165, 1.54) is 30.3 Å². The van der Waals surface area contributed by atoms with Crippen LogP contribution >= 0.6 is 0 Å². The summed E-state index contributed by atoms with van der Waals surface area (Å²) in [5, 5.41) is 27.1. The third kappa shape index (κ3) is 2.55. The van der Waals surface area contributed by atoms with Crippen molar-refractivity contribution >= 4 is 5.91 Å². The Morgan fingerprint density at radius 1 is 1.50 bits per heavy atom. The summed E-state index contributed by atoms with van der Waals surface area (Å²) in [5.41, 5.74) is 2.46. The van der Waals surface area contributed by atoms with Gasteiger partial charge in [0.2, 0.25) is 0 Å². The molecule has 5 N–H and O–H groups in total. The van der Waals surface area contributed by atoms with Crippen molar-refractivity contribution in [2.45, 2.75) is 12.2 Å². The topological polar surface area (TPSA) is 119 Å². The van der Waals surface area contributed by atoms with Gasteiger partial charge in [0.25, 0.3) is 5.91 Å². The molecule has 0 aliphatic heterocycles. The molecule has 0 aliphatic rings. The van der Waals surface area contributed by atoms with Crippen LogP contribution in [0.1, 0.15) is 22.0 Å². The van der Waals surface area contributed by atoms with Crippen LogP contribution in [0.2, 0.25) is 0 Å². The first-order valence-corrected chi connectivity index (χ1v) is 4.46. The Hall–Kier alpha value is -1.94. The first-order chi connectivity index (χ1) is 7.60. The van der Waals surface area contributed by atoms with Gasteiger partial charge in [0.1, 0.15) is 6.10 Å². The maximum absolute atomic E-state index is 11.2. The Morgan fingerprint density at radius 3 is 2.75 bits per heavy atom. The molecule has 6 nitrogen and oxygen atoms in total. The van der Waals surface area contributed by atoms with Crippen molar-refractivity contribution in [1.82, 2.24) is 5.43 Å². The van der Waals surface area contributed by atoms with E-state index >= 15 is 0 Å². The van der Waals surface area contributed by atoms with Crippen LogP contribution in [-0.4, -0.2) is 22.2 Å². The average Bonchev–Trinajstić information content (AvgIpc) is 2.36. The number of aliphatic hydroxyl groups excluding tert-OH is 2. The molecule has 84 valence electrons. The monoisotopic (exact) mass is 221 g/mol. The summed E-state index contributed by atoms with van der Waals surface area (Å²) in [6.07, 6.45) is -2.88. The number of hydrogen-bond donors (Lipinski definition) is 4. The lowest BCUT2D eigenvalue weighted by atomic mass is 10.0. The molecule has 0 bridgehead atoms. The van der Waals surface area contributed by atoms with E-state index in [0.29, 0.717) is 0 Å². The molecule has 0 aliphatic carbocycles. The van der Waals surface area contributed by atoms with Gasteiger partial charge in [0.05, 0.1) is 6.07 Å². The number of rotatable bonds is 3. The number of nitrogens with zero attached hydrogens (tertiary/aromatic N) is 1. The smallest absolute Gasteiger partial charge is 0.265 e. The van der Waals surface area contributed by atoms with Crippen molar-refractivity contribution in [2.24, 2.45) is 5.84 Å². The number of hydrazine groups is 1. The van der Waals surface area contributed by atoms with Gasteiger partial charge in [-0.1, -0.05) is 12.1 Å². The number of nitrogen functional groups attached to an aromatic ring is 1. The van der Waals surface area contributed by atoms with E-state index in [4.69, 9.17) is 16.2 Å². The standard InChI is InChI=1S/C10H11N3O3/c11-5-8(14)9(15)6-2-1-3-7(4-6)10(16)13-12/h1-4,8-9,14-15H,12H2,(H,13,16). The van der Waals surface area contributed by atoms with E-state index in [-0.39, 0.29) is 11.1 Å². The second kappa shape index (κ2) is 5.23. The Morgan fingerprint density at radius 2 is 2.19 bits per heavy atom. The number of amides is 1. The van der Waals surface area contributed by atoms with E-state index in [2.05, 4.69) is 0 Å². The van der Waals surface area contributed by atoms with Crippen LogP contribution in [0.4, 0.5) is 0 Å². The van der Waals surface area contributed by atoms with Gasteiger partial charge in [0, 0.05) is 5.56 Å². The van der Waals surface area contributed by atoms with Gasteiger partial charge in [-0.2, -0.15) is 5.26 Å². The predicted octanol–water partition coefficient (Wildman–Crippen LogP) is -0.792. The van der Waals surface area contributed by atoms with Crippen LogP contribution in [0.3, 0.4) is 0 Å². The van der Waals surface area contributed by atoms with Gasteiger partial charge in [-0.15, -0.1) is 0 Å². The Balaban J connectivity index is 2.99. The lowest BCUT2D eigenvalue weighted by Gasteiger charge is -2.12. The van der Waals surface area contributed by atoms with Crippen molar-refractivity contribution in [2.75, 3.05) is 0 Å². The number of nitriles is 1. The molecule has 0 fully saturated rings. The molecule has 16 heavy (non-hydrogen) atoms. The molecule has 0 aromatic heterocycles. The molecule has 1 rings (SSSR count). The molecule has 0 heterocycles. The highest BCUT2D eigenvalue weighted by Crippen LogP contribution is 2.17. The number of nitrogens with one attached hydrogen (secondary N) is 1. The third-order valence-corrected chi connectivity index (χ3v) is 2.05. The highest BCUT2D eigenvalue weighted by atomic mass is 16.3. The normalized spacial score (nSPS) is 13.6. The maximum atomic E-state index is 11.2. The highest BCUT2D eigenvalue weighted by Gasteiger charge is 2.18. The summed E-state index contributed by atoms with van der Waals surface area (Å²) in [6.45, 7) is 0. The minimum Gasteiger partial charge on any atom is -0.385 e. The highest BCUT2D eigenvalue weighted by molar-refractivity contribution is 5.93. The van der Waals surface area contributed by atoms with Crippen molar-refractivity contribution in [3.8, 4) is 6.07 Å². The zero-order valence-corrected chi connectivity index (χ0v) is 8.29. The summed E-state index contributed by atoms with van der Waals surface area (Å²) in [4.78, 5) is 11.2. The van der Waals surface area contributed by atoms with Crippen LogP contribution < -0.4 is 11.3 Å². The molecule has 1 amide bonds. The summed E-state index contributed by atoms with van der Waals surface area (Å²) < 4.78 is 0. The number of carbonyl (C=O) groups excluding carboxylic acids is 1. The van der Waals surface area contributed by atoms with Gasteiger partial charge in [-0.25, -0.2) is 5.84 Å². The van der Waals surface area contributed by atoms with Crippen LogP contribution in [0.5, 0.6) is 0 Å². The molecule has 1 aromatic rings. The lowest BCUT2D eigenvalue weighted by Crippen LogP contribution is -2.30. The fourth-order valence-electron chi connectivity index (χ4n) is 1.20. The van der Waals surface area contributed by atoms with Gasteiger partial charge < -0.3 is 10.2 Å². The van der Waals surface area contributed by atoms with E-state index in [9.17, 15) is 9.90 Å². The van der Waals surface area contributed by atoms with Gasteiger partial charge in [-0.3, -0.25) is 10.2 Å². The maximum Gasteiger partial charge on any atom is 0.265 e. The van der Waals surface area contributed by atoms with Crippen molar-refractivity contribution in [3.63, 3.8) is 0 Å². The fourth-order valence-corrected chi connectivity index (χ4v) is 1.20. The Labute approximate surface area is 91.9 Å². The summed E-state index contributed by atoms with van der Waals surface area (Å²) in [6, 6.07) is 7.38. The van der Waals surface area contributed by atoms with E-state index in [1.54, 1.807) is 0 Å². The number of aliphatic hydroxyl groups is 2. The van der Waals surface area contributed by atoms with Gasteiger partial charge in [-0.05, 0) is 17.7 Å². The minimum absolute atomic E-state index is 0.240. The third-order valence-electron chi connectivity index (χ3n) is 2.05. The summed E-state index contributed by atoms with van der Waals surface area (Å²) >= 11 is 0. The second-order valence-corrected chi connectivity index (χ2v) is 3.12. The zero-order valence-electron chi connectivity index (χ0n) is 8.29. The van der Waals surface area contributed by atoms with Crippen LogP contribution in [-0.2, 0) is 0 Å². The fraction of sp³-hybridized carbons (Fsp3) is 0.200. The van der Waals surface area contributed by atoms with Crippen molar-refractivity contribution < 1.29 is 15.0 Å². The van der Waals surface area contributed by atoms with Gasteiger partial charge in [0.15, 0.2) is 6.10 Å². The summed E-state index contributed by atoms with van der Waals surface area (Å²) in [7, 11) is 0. The number of nitrogens with two attached hydrogens (primary N) is 1. The largest absolute Gasteiger partial charge is 0.385 e. The van der Waals surface area contributed by atoms with Crippen LogP contribution in [0, 0.1) is 11.3 Å². The molecule has 0 spiro atoms. The molecule has 0 radical (unpaired) electrons.